The average Bonchev–Trinajstić information content (AvgIpc) is 2.49. The van der Waals surface area contributed by atoms with E-state index >= 15 is 0 Å². The zero-order chi connectivity index (χ0) is 12.1. The normalized spacial score (nSPS) is 11.3. The number of aromatic nitrogens is 2. The number of carboxylic acids is 1. The first kappa shape index (κ1) is 12.6. The molecule has 0 aliphatic rings. The van der Waals surface area contributed by atoms with Crippen LogP contribution in [0, 0.1) is 12.8 Å². The summed E-state index contributed by atoms with van der Waals surface area (Å²) in [7, 11) is 0. The number of aliphatic carboxylic acids is 1. The molecule has 1 aromatic rings. The van der Waals surface area contributed by atoms with Crippen LogP contribution in [0.2, 0.25) is 0 Å². The van der Waals surface area contributed by atoms with E-state index in [1.54, 1.807) is 6.92 Å². The molecule has 0 spiro atoms. The summed E-state index contributed by atoms with van der Waals surface area (Å²) in [6.07, 6.45) is 0. The molecule has 1 aromatic heterocycles. The molecule has 6 nitrogen and oxygen atoms in total. The lowest BCUT2D eigenvalue weighted by molar-refractivity contribution is -0.138. The van der Waals surface area contributed by atoms with E-state index in [9.17, 15) is 4.79 Å². The maximum Gasteiger partial charge on any atom is 0.317 e. The van der Waals surface area contributed by atoms with Crippen molar-refractivity contribution in [1.29, 1.82) is 0 Å². The lowest BCUT2D eigenvalue weighted by atomic mass is 10.2. The van der Waals surface area contributed by atoms with Crippen molar-refractivity contribution in [1.82, 2.24) is 15.2 Å². The third-order valence-electron chi connectivity index (χ3n) is 2.10. The Balaban J connectivity index is 2.62. The lowest BCUT2D eigenvalue weighted by Crippen LogP contribution is -2.32. The molecule has 90 valence electrons. The highest BCUT2D eigenvalue weighted by Crippen LogP contribution is 2.07. The van der Waals surface area contributed by atoms with Crippen molar-refractivity contribution in [3.63, 3.8) is 0 Å². The van der Waals surface area contributed by atoms with E-state index in [1.165, 1.54) is 0 Å². The van der Waals surface area contributed by atoms with Gasteiger partial charge in [0.15, 0.2) is 0 Å². The summed E-state index contributed by atoms with van der Waals surface area (Å²) >= 11 is 0. The van der Waals surface area contributed by atoms with Crippen LogP contribution in [0.15, 0.2) is 4.63 Å². The van der Waals surface area contributed by atoms with Crippen molar-refractivity contribution in [2.24, 2.45) is 5.92 Å². The van der Waals surface area contributed by atoms with Crippen LogP contribution >= 0.6 is 0 Å². The third kappa shape index (κ3) is 3.98. The van der Waals surface area contributed by atoms with Crippen molar-refractivity contribution in [3.8, 4) is 0 Å². The van der Waals surface area contributed by atoms with Crippen LogP contribution in [0.25, 0.3) is 0 Å². The summed E-state index contributed by atoms with van der Waals surface area (Å²) in [5, 5.41) is 16.2. The minimum Gasteiger partial charge on any atom is -0.480 e. The largest absolute Gasteiger partial charge is 0.480 e. The van der Waals surface area contributed by atoms with Crippen molar-refractivity contribution in [3.05, 3.63) is 11.4 Å². The Bertz CT molecular complexity index is 349. The summed E-state index contributed by atoms with van der Waals surface area (Å²) in [5.41, 5.74) is 1.40. The summed E-state index contributed by atoms with van der Waals surface area (Å²) in [6, 6.07) is 0. The van der Waals surface area contributed by atoms with Crippen LogP contribution in [0.5, 0.6) is 0 Å². The van der Waals surface area contributed by atoms with Crippen molar-refractivity contribution in [2.45, 2.75) is 27.3 Å². The first-order chi connectivity index (χ1) is 7.49. The molecule has 1 N–H and O–H groups in total. The fourth-order valence-electron chi connectivity index (χ4n) is 1.50. The summed E-state index contributed by atoms with van der Waals surface area (Å²) in [6.45, 7) is 7.05. The summed E-state index contributed by atoms with van der Waals surface area (Å²) in [5.74, 6) is -0.436. The van der Waals surface area contributed by atoms with Crippen LogP contribution in [-0.4, -0.2) is 39.4 Å². The van der Waals surface area contributed by atoms with Crippen molar-refractivity contribution in [2.75, 3.05) is 13.1 Å². The molecule has 0 bridgehead atoms. The molecule has 6 heteroatoms. The Morgan fingerprint density at radius 3 is 2.62 bits per heavy atom. The molecule has 0 saturated heterocycles. The Hall–Kier alpha value is -1.43. The minimum atomic E-state index is -0.838. The molecule has 1 heterocycles. The Labute approximate surface area is 94.2 Å². The molecular formula is C10H17N3O3. The predicted molar refractivity (Wildman–Crippen MR) is 56.8 cm³/mol. The zero-order valence-corrected chi connectivity index (χ0v) is 9.80. The van der Waals surface area contributed by atoms with Gasteiger partial charge in [0.25, 0.3) is 0 Å². The standard InChI is InChI=1S/C10H17N3O3/c1-7(2)4-13(6-10(14)15)5-9-8(3)11-16-12-9/h7H,4-6H2,1-3H3,(H,14,15). The molecule has 0 radical (unpaired) electrons. The second-order valence-electron chi connectivity index (χ2n) is 4.25. The fraction of sp³-hybridized carbons (Fsp3) is 0.700. The quantitative estimate of drug-likeness (QED) is 0.778. The van der Waals surface area contributed by atoms with Gasteiger partial charge in [-0.3, -0.25) is 9.69 Å². The lowest BCUT2D eigenvalue weighted by Gasteiger charge is -2.20. The number of carboxylic acid groups (broad SMARTS) is 1. The van der Waals surface area contributed by atoms with Gasteiger partial charge in [0.2, 0.25) is 0 Å². The molecule has 0 aliphatic carbocycles. The van der Waals surface area contributed by atoms with E-state index in [0.717, 1.165) is 0 Å². The van der Waals surface area contributed by atoms with E-state index in [0.29, 0.717) is 30.4 Å². The molecule has 0 unspecified atom stereocenters. The number of nitrogens with zero attached hydrogens (tertiary/aromatic N) is 3. The number of aryl methyl sites for hydroxylation is 1. The molecule has 0 aliphatic heterocycles. The van der Waals surface area contributed by atoms with Gasteiger partial charge in [-0.2, -0.15) is 0 Å². The monoisotopic (exact) mass is 227 g/mol. The van der Waals surface area contributed by atoms with E-state index in [2.05, 4.69) is 14.9 Å². The highest BCUT2D eigenvalue weighted by Gasteiger charge is 2.15. The fourth-order valence-corrected chi connectivity index (χ4v) is 1.50. The van der Waals surface area contributed by atoms with Gasteiger partial charge in [-0.05, 0) is 12.8 Å². The van der Waals surface area contributed by atoms with E-state index in [-0.39, 0.29) is 6.54 Å². The molecular weight excluding hydrogens is 210 g/mol. The second kappa shape index (κ2) is 5.60. The van der Waals surface area contributed by atoms with Crippen molar-refractivity contribution >= 4 is 5.97 Å². The minimum absolute atomic E-state index is 0.00444. The zero-order valence-electron chi connectivity index (χ0n) is 9.80. The van der Waals surface area contributed by atoms with Crippen LogP contribution in [-0.2, 0) is 11.3 Å². The summed E-state index contributed by atoms with van der Waals surface area (Å²) < 4.78 is 4.58. The van der Waals surface area contributed by atoms with Crippen LogP contribution in [0.1, 0.15) is 25.2 Å². The third-order valence-corrected chi connectivity index (χ3v) is 2.10. The molecule has 0 amide bonds. The number of hydrogen-bond donors (Lipinski definition) is 1. The molecule has 1 rings (SSSR count). The first-order valence-electron chi connectivity index (χ1n) is 5.21. The van der Waals surface area contributed by atoms with Gasteiger partial charge in [0, 0.05) is 13.1 Å². The van der Waals surface area contributed by atoms with Crippen LogP contribution in [0.3, 0.4) is 0 Å². The molecule has 0 saturated carbocycles. The van der Waals surface area contributed by atoms with Gasteiger partial charge in [0.1, 0.15) is 11.4 Å². The number of carbonyl (C=O) groups is 1. The average molecular weight is 227 g/mol. The highest BCUT2D eigenvalue weighted by molar-refractivity contribution is 5.69. The van der Waals surface area contributed by atoms with Gasteiger partial charge in [-0.1, -0.05) is 24.2 Å². The first-order valence-corrected chi connectivity index (χ1v) is 5.21. The molecule has 0 atom stereocenters. The molecule has 0 aromatic carbocycles. The second-order valence-corrected chi connectivity index (χ2v) is 4.25. The maximum absolute atomic E-state index is 10.7. The van der Waals surface area contributed by atoms with Crippen molar-refractivity contribution < 1.29 is 14.5 Å². The predicted octanol–water partition coefficient (Wildman–Crippen LogP) is 0.921. The SMILES string of the molecule is Cc1nonc1CN(CC(=O)O)CC(C)C. The van der Waals surface area contributed by atoms with Gasteiger partial charge in [-0.15, -0.1) is 0 Å². The maximum atomic E-state index is 10.7. The van der Waals surface area contributed by atoms with E-state index in [1.807, 2.05) is 18.7 Å². The molecule has 0 fully saturated rings. The van der Waals surface area contributed by atoms with E-state index in [4.69, 9.17) is 5.11 Å². The number of hydrogen-bond acceptors (Lipinski definition) is 5. The Morgan fingerprint density at radius 2 is 2.19 bits per heavy atom. The smallest absolute Gasteiger partial charge is 0.317 e. The van der Waals surface area contributed by atoms with Gasteiger partial charge >= 0.3 is 5.97 Å². The number of rotatable bonds is 6. The van der Waals surface area contributed by atoms with E-state index < -0.39 is 5.97 Å². The van der Waals surface area contributed by atoms with Gasteiger partial charge in [0.05, 0.1) is 6.54 Å². The topological polar surface area (TPSA) is 79.5 Å². The molecule has 16 heavy (non-hydrogen) atoms. The van der Waals surface area contributed by atoms with Crippen LogP contribution in [0.4, 0.5) is 0 Å². The van der Waals surface area contributed by atoms with Gasteiger partial charge < -0.3 is 5.11 Å². The van der Waals surface area contributed by atoms with Crippen LogP contribution < -0.4 is 0 Å². The Morgan fingerprint density at radius 1 is 1.50 bits per heavy atom. The van der Waals surface area contributed by atoms with Gasteiger partial charge in [-0.25, -0.2) is 4.63 Å². The Kier molecular flexibility index (Phi) is 4.42. The highest BCUT2D eigenvalue weighted by atomic mass is 16.6. The summed E-state index contributed by atoms with van der Waals surface area (Å²) in [4.78, 5) is 12.5.